The largest absolute Gasteiger partial charge is 0.480 e. The number of amides is 3. The van der Waals surface area contributed by atoms with Gasteiger partial charge in [0.1, 0.15) is 17.7 Å². The number of rotatable bonds is 14. The molecule has 0 aromatic rings. The first-order chi connectivity index (χ1) is 22.8. The fourth-order valence-corrected chi connectivity index (χ4v) is 9.29. The molecule has 0 spiro atoms. The van der Waals surface area contributed by atoms with E-state index in [4.69, 9.17) is 10.5 Å². The lowest BCUT2D eigenvalue weighted by Gasteiger charge is -2.60. The van der Waals surface area contributed by atoms with Crippen LogP contribution in [0.5, 0.6) is 0 Å². The number of carbonyl (C=O) groups excluding carboxylic acids is 6. The van der Waals surface area contributed by atoms with Crippen molar-refractivity contribution >= 4 is 41.2 Å². The van der Waals surface area contributed by atoms with E-state index in [1.165, 1.54) is 0 Å². The van der Waals surface area contributed by atoms with Crippen molar-refractivity contribution < 1.29 is 53.6 Å². The van der Waals surface area contributed by atoms with Gasteiger partial charge in [-0.05, 0) is 80.1 Å². The van der Waals surface area contributed by atoms with Gasteiger partial charge in [-0.3, -0.25) is 28.8 Å². The average Bonchev–Trinajstić information content (AvgIpc) is 3.29. The Bertz CT molecular complexity index is 1410. The van der Waals surface area contributed by atoms with Gasteiger partial charge in [0.15, 0.2) is 12.4 Å². The van der Waals surface area contributed by atoms with E-state index in [1.807, 2.05) is 6.92 Å². The number of hydrogen-bond acceptors (Lipinski definition) is 10. The quantitative estimate of drug-likeness (QED) is 0.141. The van der Waals surface area contributed by atoms with Gasteiger partial charge >= 0.3 is 11.9 Å². The molecule has 0 radical (unpaired) electrons. The van der Waals surface area contributed by atoms with E-state index in [1.54, 1.807) is 19.9 Å². The minimum absolute atomic E-state index is 0.0368. The van der Waals surface area contributed by atoms with E-state index < -0.39 is 83.6 Å². The lowest BCUT2D eigenvalue weighted by Crippen LogP contribution is -2.62. The topological polar surface area (TPSA) is 239 Å². The Morgan fingerprint density at radius 1 is 1.02 bits per heavy atom. The predicted molar refractivity (Wildman–Crippen MR) is 173 cm³/mol. The van der Waals surface area contributed by atoms with Gasteiger partial charge in [0.25, 0.3) is 0 Å². The smallest absolute Gasteiger partial charge is 0.326 e. The Morgan fingerprint density at radius 3 is 2.35 bits per heavy atom. The van der Waals surface area contributed by atoms with Gasteiger partial charge in [0.2, 0.25) is 23.5 Å². The highest BCUT2D eigenvalue weighted by Gasteiger charge is 2.68. The summed E-state index contributed by atoms with van der Waals surface area (Å²) in [5, 5.41) is 37.6. The second kappa shape index (κ2) is 14.7. The van der Waals surface area contributed by atoms with Gasteiger partial charge in [0.05, 0.1) is 12.5 Å². The van der Waals surface area contributed by atoms with Crippen molar-refractivity contribution in [2.75, 3.05) is 6.61 Å². The summed E-state index contributed by atoms with van der Waals surface area (Å²) in [6, 6.07) is -2.53. The molecule has 0 saturated heterocycles. The summed E-state index contributed by atoms with van der Waals surface area (Å²) in [7, 11) is 0. The maximum absolute atomic E-state index is 13.5. The van der Waals surface area contributed by atoms with Crippen molar-refractivity contribution in [3.63, 3.8) is 0 Å². The maximum atomic E-state index is 13.5. The molecular weight excluding hydrogens is 638 g/mol. The first kappa shape index (κ1) is 38.2. The Balaban J connectivity index is 1.31. The molecule has 272 valence electrons. The minimum Gasteiger partial charge on any atom is -0.480 e. The first-order valence-corrected chi connectivity index (χ1v) is 17.3. The van der Waals surface area contributed by atoms with E-state index in [0.29, 0.717) is 19.3 Å². The fraction of sp³-hybridized carbons (Fsp3) is 0.743. The SMILES string of the molecule is CC(C)[C@H](NC(=O)CCC(=O)OCC(=O)[C@@]1(O)CC[C@H]2[C@@H]3CCC4=CC(=O)CC[C@]4(C)[C@H]3[C@@H](O)C[C@@]21C)C(=O)N[C@H](CCC(N)=O)C(=O)O. The number of nitrogens with one attached hydrogen (secondary N) is 2. The van der Waals surface area contributed by atoms with Gasteiger partial charge in [-0.25, -0.2) is 4.79 Å². The molecule has 0 bridgehead atoms. The number of esters is 1. The number of aliphatic hydroxyl groups is 2. The van der Waals surface area contributed by atoms with Crippen LogP contribution in [0.2, 0.25) is 0 Å². The Labute approximate surface area is 286 Å². The number of carboxylic acid groups (broad SMARTS) is 1. The Hall–Kier alpha value is -3.65. The summed E-state index contributed by atoms with van der Waals surface area (Å²) in [6.45, 7) is 6.53. The predicted octanol–water partition coefficient (Wildman–Crippen LogP) is 1.09. The molecule has 4 aliphatic rings. The summed E-state index contributed by atoms with van der Waals surface area (Å²) < 4.78 is 5.20. The molecule has 0 unspecified atom stereocenters. The molecule has 3 saturated carbocycles. The van der Waals surface area contributed by atoms with Crippen LogP contribution < -0.4 is 16.4 Å². The number of allylic oxidation sites excluding steroid dienone is 1. The van der Waals surface area contributed by atoms with Crippen LogP contribution in [-0.4, -0.2) is 86.9 Å². The number of hydrogen-bond donors (Lipinski definition) is 6. The van der Waals surface area contributed by atoms with Crippen LogP contribution in [0.25, 0.3) is 0 Å². The fourth-order valence-electron chi connectivity index (χ4n) is 9.29. The number of carbonyl (C=O) groups is 7. The summed E-state index contributed by atoms with van der Waals surface area (Å²) in [4.78, 5) is 86.2. The third-order valence-corrected chi connectivity index (χ3v) is 12.0. The highest BCUT2D eigenvalue weighted by Crippen LogP contribution is 2.67. The van der Waals surface area contributed by atoms with Gasteiger partial charge in [-0.2, -0.15) is 0 Å². The molecule has 0 heterocycles. The van der Waals surface area contributed by atoms with Crippen molar-refractivity contribution in [2.24, 2.45) is 40.2 Å². The number of Topliss-reactive ketones (excluding diaryl/α,β-unsaturated/α-hetero) is 1. The van der Waals surface area contributed by atoms with E-state index in [9.17, 15) is 48.9 Å². The van der Waals surface area contributed by atoms with Crippen molar-refractivity contribution in [1.29, 1.82) is 0 Å². The van der Waals surface area contributed by atoms with Crippen molar-refractivity contribution in [3.8, 4) is 0 Å². The lowest BCUT2D eigenvalue weighted by molar-refractivity contribution is -0.184. The van der Waals surface area contributed by atoms with E-state index in [2.05, 4.69) is 17.6 Å². The van der Waals surface area contributed by atoms with Crippen LogP contribution in [0, 0.1) is 34.5 Å². The number of ether oxygens (including phenoxy) is 1. The molecule has 14 nitrogen and oxygen atoms in total. The highest BCUT2D eigenvalue weighted by atomic mass is 16.5. The number of nitrogens with two attached hydrogens (primary N) is 1. The molecule has 14 heteroatoms. The third-order valence-electron chi connectivity index (χ3n) is 12.0. The number of ketones is 2. The van der Waals surface area contributed by atoms with Crippen LogP contribution >= 0.6 is 0 Å². The summed E-state index contributed by atoms with van der Waals surface area (Å²) in [5.41, 5.74) is 3.10. The number of carboxylic acids is 1. The molecule has 4 rings (SSSR count). The molecular formula is C35H51N3O11. The van der Waals surface area contributed by atoms with Crippen LogP contribution in [0.3, 0.4) is 0 Å². The second-order valence-electron chi connectivity index (χ2n) is 15.3. The normalized spacial score (nSPS) is 33.2. The van der Waals surface area contributed by atoms with Gasteiger partial charge in [-0.1, -0.05) is 33.3 Å². The molecule has 3 amide bonds. The molecule has 49 heavy (non-hydrogen) atoms. The number of aliphatic carboxylic acids is 1. The molecule has 0 aromatic carbocycles. The zero-order valence-electron chi connectivity index (χ0n) is 28.8. The number of aliphatic hydroxyl groups excluding tert-OH is 1. The molecule has 7 N–H and O–H groups in total. The van der Waals surface area contributed by atoms with Gasteiger partial charge in [-0.15, -0.1) is 0 Å². The Morgan fingerprint density at radius 2 is 1.71 bits per heavy atom. The standard InChI is InChI=1S/C35H51N3O11/c1-18(2)30(31(45)37-23(32(46)47)7-8-26(36)42)38-27(43)9-10-28(44)49-17-25(41)35(48)14-12-22-21-6-5-19-15-20(39)11-13-33(19,3)29(21)24(40)16-34(22,35)4/h15,18,21-24,29-30,40,48H,5-14,16-17H2,1-4H3,(H2,36,42)(H,37,45)(H,38,43)(H,46,47)/t21-,22-,23+,24-,29+,30-,33-,34-,35-/m0/s1. The maximum Gasteiger partial charge on any atom is 0.326 e. The lowest BCUT2D eigenvalue weighted by atomic mass is 9.45. The second-order valence-corrected chi connectivity index (χ2v) is 15.3. The van der Waals surface area contributed by atoms with Crippen LogP contribution in [0.4, 0.5) is 0 Å². The minimum atomic E-state index is -1.82. The number of primary amides is 1. The molecule has 4 aliphatic carbocycles. The average molecular weight is 690 g/mol. The molecule has 9 atom stereocenters. The van der Waals surface area contributed by atoms with E-state index in [0.717, 1.165) is 18.4 Å². The monoisotopic (exact) mass is 689 g/mol. The van der Waals surface area contributed by atoms with E-state index in [-0.39, 0.29) is 61.1 Å². The molecule has 0 aromatic heterocycles. The van der Waals surface area contributed by atoms with Crippen molar-refractivity contribution in [3.05, 3.63) is 11.6 Å². The van der Waals surface area contributed by atoms with E-state index >= 15 is 0 Å². The third kappa shape index (κ3) is 7.59. The number of fused-ring (bicyclic) bond motifs is 5. The molecule has 0 aliphatic heterocycles. The van der Waals surface area contributed by atoms with Crippen LogP contribution in [-0.2, 0) is 38.3 Å². The first-order valence-electron chi connectivity index (χ1n) is 17.3. The zero-order valence-corrected chi connectivity index (χ0v) is 28.8. The highest BCUT2D eigenvalue weighted by molar-refractivity contribution is 5.93. The summed E-state index contributed by atoms with van der Waals surface area (Å²) in [6.07, 6.45) is 3.24. The Kier molecular flexibility index (Phi) is 11.4. The van der Waals surface area contributed by atoms with Crippen LogP contribution in [0.15, 0.2) is 11.6 Å². The summed E-state index contributed by atoms with van der Waals surface area (Å²) >= 11 is 0. The zero-order chi connectivity index (χ0) is 36.5. The van der Waals surface area contributed by atoms with Crippen LogP contribution in [0.1, 0.15) is 98.3 Å². The summed E-state index contributed by atoms with van der Waals surface area (Å²) in [5.74, 6) is -5.46. The van der Waals surface area contributed by atoms with Crippen molar-refractivity contribution in [1.82, 2.24) is 10.6 Å². The van der Waals surface area contributed by atoms with Gasteiger partial charge in [0, 0.05) is 24.7 Å². The van der Waals surface area contributed by atoms with Gasteiger partial charge < -0.3 is 36.4 Å². The van der Waals surface area contributed by atoms with Crippen molar-refractivity contribution in [2.45, 2.75) is 122 Å². The molecule has 3 fully saturated rings.